The van der Waals surface area contributed by atoms with Crippen molar-refractivity contribution in [2.45, 2.75) is 135 Å². The number of hydrogen-bond donors (Lipinski definition) is 1. The molecule has 1 aliphatic heterocycles. The molecule has 8 heteroatoms. The first-order valence-corrected chi connectivity index (χ1v) is 14.8. The van der Waals surface area contributed by atoms with Crippen molar-refractivity contribution in [2.24, 2.45) is 0 Å². The van der Waals surface area contributed by atoms with E-state index in [4.69, 9.17) is 24.7 Å². The van der Waals surface area contributed by atoms with Gasteiger partial charge in [-0.05, 0) is 18.9 Å². The number of unbranched alkanes of at least 4 members (excludes halogenated alkanes) is 13. The first-order chi connectivity index (χ1) is 18.1. The first kappa shape index (κ1) is 31.7. The molecule has 2 rings (SSSR count). The van der Waals surface area contributed by atoms with Gasteiger partial charge in [-0.1, -0.05) is 97.3 Å². The number of aromatic nitrogens is 2. The Morgan fingerprint density at radius 3 is 2.00 bits per heavy atom. The van der Waals surface area contributed by atoms with E-state index in [1.807, 2.05) is 0 Å². The van der Waals surface area contributed by atoms with Gasteiger partial charge in [0.2, 0.25) is 0 Å². The lowest BCUT2D eigenvalue weighted by molar-refractivity contribution is -0.0798. The molecule has 2 heterocycles. The van der Waals surface area contributed by atoms with Gasteiger partial charge in [0.15, 0.2) is 6.23 Å². The van der Waals surface area contributed by atoms with Gasteiger partial charge in [-0.2, -0.15) is 4.98 Å². The van der Waals surface area contributed by atoms with E-state index >= 15 is 0 Å². The van der Waals surface area contributed by atoms with Gasteiger partial charge in [-0.3, -0.25) is 4.57 Å². The van der Waals surface area contributed by atoms with Crippen molar-refractivity contribution < 1.29 is 18.9 Å². The fourth-order valence-corrected chi connectivity index (χ4v) is 5.01. The van der Waals surface area contributed by atoms with Crippen molar-refractivity contribution in [3.8, 4) is 0 Å². The van der Waals surface area contributed by atoms with Crippen LogP contribution < -0.4 is 11.4 Å². The minimum absolute atomic E-state index is 0.185. The quantitative estimate of drug-likeness (QED) is 0.185. The van der Waals surface area contributed by atoms with Gasteiger partial charge < -0.3 is 24.7 Å². The Bertz CT molecular complexity index is 759. The molecule has 0 radical (unpaired) electrons. The standard InChI is InChI=1S/C29H53N3O5/c1-4-6-7-8-9-10-11-12-13-14-15-16-17-18-22-36-27-26(34-3)24(23-35-21-5-2)37-28(27)32-20-19-25(30)31-29(32)33/h19-20,24,26-28H,4-18,21-23H2,1-3H3,(H2,30,31,33)/t24-,26-,27-,28-/m1/s1. The average molecular weight is 524 g/mol. The van der Waals surface area contributed by atoms with Gasteiger partial charge in [0.1, 0.15) is 24.1 Å². The Morgan fingerprint density at radius 1 is 0.865 bits per heavy atom. The van der Waals surface area contributed by atoms with Crippen molar-refractivity contribution in [2.75, 3.05) is 32.7 Å². The monoisotopic (exact) mass is 523 g/mol. The highest BCUT2D eigenvalue weighted by Crippen LogP contribution is 2.33. The highest BCUT2D eigenvalue weighted by Gasteiger charge is 2.47. The van der Waals surface area contributed by atoms with E-state index in [0.717, 1.165) is 19.3 Å². The van der Waals surface area contributed by atoms with Crippen LogP contribution in [-0.4, -0.2) is 54.8 Å². The summed E-state index contributed by atoms with van der Waals surface area (Å²) in [5.74, 6) is 0.185. The summed E-state index contributed by atoms with van der Waals surface area (Å²) >= 11 is 0. The molecule has 4 atom stereocenters. The second-order valence-electron chi connectivity index (χ2n) is 10.3. The molecule has 1 aromatic rings. The lowest BCUT2D eigenvalue weighted by Gasteiger charge is -2.24. The van der Waals surface area contributed by atoms with Crippen LogP contribution in [0.25, 0.3) is 0 Å². The molecular formula is C29H53N3O5. The molecule has 0 bridgehead atoms. The maximum absolute atomic E-state index is 12.5. The van der Waals surface area contributed by atoms with Crippen LogP contribution in [-0.2, 0) is 18.9 Å². The van der Waals surface area contributed by atoms with Crippen LogP contribution >= 0.6 is 0 Å². The van der Waals surface area contributed by atoms with E-state index in [1.54, 1.807) is 19.4 Å². The summed E-state index contributed by atoms with van der Waals surface area (Å²) in [4.78, 5) is 16.4. The number of methoxy groups -OCH3 is 1. The molecule has 0 aliphatic carbocycles. The Hall–Kier alpha value is -1.48. The fraction of sp³-hybridized carbons (Fsp3) is 0.862. The fourth-order valence-electron chi connectivity index (χ4n) is 5.01. The van der Waals surface area contributed by atoms with Crippen LogP contribution in [0.2, 0.25) is 0 Å². The van der Waals surface area contributed by atoms with Crippen LogP contribution in [0.15, 0.2) is 17.1 Å². The van der Waals surface area contributed by atoms with E-state index in [1.165, 1.54) is 81.6 Å². The maximum Gasteiger partial charge on any atom is 0.351 e. The molecule has 0 amide bonds. The molecule has 0 unspecified atom stereocenters. The van der Waals surface area contributed by atoms with E-state index in [9.17, 15) is 4.79 Å². The number of rotatable bonds is 22. The van der Waals surface area contributed by atoms with E-state index < -0.39 is 18.0 Å². The summed E-state index contributed by atoms with van der Waals surface area (Å²) in [6, 6.07) is 1.60. The molecular weight excluding hydrogens is 470 g/mol. The maximum atomic E-state index is 12.5. The van der Waals surface area contributed by atoms with E-state index in [2.05, 4.69) is 18.8 Å². The highest BCUT2D eigenvalue weighted by atomic mass is 16.6. The number of nitrogens with two attached hydrogens (primary N) is 1. The molecule has 37 heavy (non-hydrogen) atoms. The molecule has 1 saturated heterocycles. The molecule has 1 aromatic heterocycles. The number of nitrogens with zero attached hydrogens (tertiary/aromatic N) is 2. The Balaban J connectivity index is 1.69. The van der Waals surface area contributed by atoms with Gasteiger partial charge in [-0.25, -0.2) is 4.79 Å². The van der Waals surface area contributed by atoms with E-state index in [-0.39, 0.29) is 18.0 Å². The van der Waals surface area contributed by atoms with Crippen LogP contribution in [0.5, 0.6) is 0 Å². The summed E-state index contributed by atoms with van der Waals surface area (Å²) in [6.45, 7) is 5.97. The van der Waals surface area contributed by atoms with Gasteiger partial charge >= 0.3 is 5.69 Å². The Morgan fingerprint density at radius 2 is 1.46 bits per heavy atom. The molecule has 0 saturated carbocycles. The smallest absolute Gasteiger partial charge is 0.351 e. The average Bonchev–Trinajstić information content (AvgIpc) is 3.23. The lowest BCUT2D eigenvalue weighted by Crippen LogP contribution is -2.39. The zero-order valence-corrected chi connectivity index (χ0v) is 23.7. The van der Waals surface area contributed by atoms with Crippen LogP contribution in [0.4, 0.5) is 5.82 Å². The number of anilines is 1. The van der Waals surface area contributed by atoms with Gasteiger partial charge in [0, 0.05) is 26.5 Å². The molecule has 1 aliphatic rings. The summed E-state index contributed by atoms with van der Waals surface area (Å²) in [6.07, 6.45) is 19.2. The minimum atomic E-state index is -0.632. The van der Waals surface area contributed by atoms with E-state index in [0.29, 0.717) is 19.8 Å². The molecule has 2 N–H and O–H groups in total. The summed E-state index contributed by atoms with van der Waals surface area (Å²) in [5.41, 5.74) is 5.22. The SMILES string of the molecule is CCCCCCCCCCCCCCCCO[C@@H]1[C@H](OC)[C@@H](COCCC)O[C@H]1n1ccc(N)nc1=O. The molecule has 214 valence electrons. The molecule has 8 nitrogen and oxygen atoms in total. The van der Waals surface area contributed by atoms with Crippen molar-refractivity contribution in [3.63, 3.8) is 0 Å². The van der Waals surface area contributed by atoms with Crippen molar-refractivity contribution in [1.29, 1.82) is 0 Å². The summed E-state index contributed by atoms with van der Waals surface area (Å²) in [7, 11) is 1.65. The molecule has 0 spiro atoms. The number of nitrogen functional groups attached to an aromatic ring is 1. The third kappa shape index (κ3) is 11.8. The largest absolute Gasteiger partial charge is 0.383 e. The second-order valence-corrected chi connectivity index (χ2v) is 10.3. The normalized spacial score (nSPS) is 21.6. The third-order valence-corrected chi connectivity index (χ3v) is 7.12. The minimum Gasteiger partial charge on any atom is -0.383 e. The summed E-state index contributed by atoms with van der Waals surface area (Å²) < 4.78 is 25.4. The first-order valence-electron chi connectivity index (χ1n) is 14.8. The van der Waals surface area contributed by atoms with Gasteiger partial charge in [-0.15, -0.1) is 0 Å². The predicted octanol–water partition coefficient (Wildman–Crippen LogP) is 6.03. The zero-order valence-electron chi connectivity index (χ0n) is 23.7. The van der Waals surface area contributed by atoms with Crippen LogP contribution in [0, 0.1) is 0 Å². The zero-order chi connectivity index (χ0) is 26.7. The number of ether oxygens (including phenoxy) is 4. The van der Waals surface area contributed by atoms with Crippen LogP contribution in [0.3, 0.4) is 0 Å². The highest BCUT2D eigenvalue weighted by molar-refractivity contribution is 5.23. The number of hydrogen-bond acceptors (Lipinski definition) is 7. The summed E-state index contributed by atoms with van der Waals surface area (Å²) in [5, 5.41) is 0. The molecule has 0 aromatic carbocycles. The van der Waals surface area contributed by atoms with Crippen molar-refractivity contribution >= 4 is 5.82 Å². The molecule has 1 fully saturated rings. The van der Waals surface area contributed by atoms with Gasteiger partial charge in [0.05, 0.1) is 6.61 Å². The lowest BCUT2D eigenvalue weighted by atomic mass is 10.0. The van der Waals surface area contributed by atoms with Crippen molar-refractivity contribution in [1.82, 2.24) is 9.55 Å². The van der Waals surface area contributed by atoms with Gasteiger partial charge in [0.25, 0.3) is 0 Å². The Labute approximate surface area is 224 Å². The Kier molecular flexibility index (Phi) is 16.8. The predicted molar refractivity (Wildman–Crippen MR) is 149 cm³/mol. The topological polar surface area (TPSA) is 97.8 Å². The van der Waals surface area contributed by atoms with Crippen molar-refractivity contribution in [3.05, 3.63) is 22.7 Å². The third-order valence-electron chi connectivity index (χ3n) is 7.12. The van der Waals surface area contributed by atoms with Crippen LogP contribution in [0.1, 0.15) is 116 Å². The second kappa shape index (κ2) is 19.6.